The Morgan fingerprint density at radius 2 is 2.00 bits per heavy atom. The number of likely N-dealkylation sites (tertiary alicyclic amines) is 1. The molecule has 30 heavy (non-hydrogen) atoms. The van der Waals surface area contributed by atoms with Crippen LogP contribution in [-0.2, 0) is 11.2 Å². The summed E-state index contributed by atoms with van der Waals surface area (Å²) in [5.41, 5.74) is 2.92. The Labute approximate surface area is 179 Å². The highest BCUT2D eigenvalue weighted by atomic mass is 32.2. The number of H-pyrrole nitrogens is 1. The van der Waals surface area contributed by atoms with E-state index in [0.717, 1.165) is 49.2 Å². The minimum Gasteiger partial charge on any atom is -0.408 e. The number of nitrogens with zero attached hydrogens (tertiary/aromatic N) is 1. The van der Waals surface area contributed by atoms with Crippen LogP contribution in [0.15, 0.2) is 62.6 Å². The van der Waals surface area contributed by atoms with Crippen LogP contribution in [0.2, 0.25) is 0 Å². The maximum atomic E-state index is 12.4. The number of nitrogens with one attached hydrogen (secondary N) is 2. The van der Waals surface area contributed by atoms with Gasteiger partial charge in [-0.2, -0.15) is 0 Å². The number of aromatic nitrogens is 1. The molecule has 6 nitrogen and oxygen atoms in total. The van der Waals surface area contributed by atoms with E-state index < -0.39 is 5.76 Å². The predicted molar refractivity (Wildman–Crippen MR) is 117 cm³/mol. The molecule has 1 amide bonds. The lowest BCUT2D eigenvalue weighted by Crippen LogP contribution is -2.66. The van der Waals surface area contributed by atoms with Gasteiger partial charge in [0, 0.05) is 35.9 Å². The van der Waals surface area contributed by atoms with E-state index in [-0.39, 0.29) is 0 Å². The van der Waals surface area contributed by atoms with Gasteiger partial charge in [0.1, 0.15) is 0 Å². The van der Waals surface area contributed by atoms with Crippen molar-refractivity contribution < 1.29 is 9.21 Å². The summed E-state index contributed by atoms with van der Waals surface area (Å²) >= 11 is 1.57. The van der Waals surface area contributed by atoms with Gasteiger partial charge < -0.3 is 9.32 Å². The lowest BCUT2D eigenvalue weighted by atomic mass is 9.61. The predicted octanol–water partition coefficient (Wildman–Crippen LogP) is 3.73. The number of amides is 1. The van der Waals surface area contributed by atoms with E-state index in [0.29, 0.717) is 29.4 Å². The summed E-state index contributed by atoms with van der Waals surface area (Å²) in [6, 6.07) is 16.5. The zero-order valence-corrected chi connectivity index (χ0v) is 17.5. The van der Waals surface area contributed by atoms with Crippen molar-refractivity contribution in [3.8, 4) is 0 Å². The zero-order chi connectivity index (χ0) is 20.6. The van der Waals surface area contributed by atoms with Gasteiger partial charge in [0.2, 0.25) is 5.91 Å². The van der Waals surface area contributed by atoms with Crippen LogP contribution in [0.3, 0.4) is 0 Å². The number of carbonyl (C=O) groups is 1. The molecule has 1 saturated carbocycles. The number of benzene rings is 2. The van der Waals surface area contributed by atoms with Gasteiger partial charge in [-0.1, -0.05) is 30.3 Å². The molecule has 1 aliphatic carbocycles. The Kier molecular flexibility index (Phi) is 5.16. The van der Waals surface area contributed by atoms with Crippen LogP contribution < -0.4 is 10.5 Å². The largest absolute Gasteiger partial charge is 0.417 e. The second-order valence-electron chi connectivity index (χ2n) is 8.59. The summed E-state index contributed by atoms with van der Waals surface area (Å²) in [6.07, 6.45) is 4.73. The second kappa shape index (κ2) is 7.96. The van der Waals surface area contributed by atoms with Crippen LogP contribution in [0.4, 0.5) is 0 Å². The van der Waals surface area contributed by atoms with Gasteiger partial charge in [-0.3, -0.25) is 14.5 Å². The highest BCUT2D eigenvalue weighted by Crippen LogP contribution is 2.49. The summed E-state index contributed by atoms with van der Waals surface area (Å²) < 4.78 is 8.62. The number of rotatable bonds is 7. The number of fused-ring (bicyclic) bond motifs is 1. The molecule has 0 atom stereocenters. The average Bonchev–Trinajstić information content (AvgIpc) is 3.05. The number of hydrogen-bond acceptors (Lipinski definition) is 5. The first-order valence-electron chi connectivity index (χ1n) is 10.5. The van der Waals surface area contributed by atoms with Crippen molar-refractivity contribution in [1.29, 1.82) is 0 Å². The minimum absolute atomic E-state index is 0.295. The first kappa shape index (κ1) is 19.5. The van der Waals surface area contributed by atoms with Gasteiger partial charge in [-0.25, -0.2) is 4.79 Å². The summed E-state index contributed by atoms with van der Waals surface area (Å²) in [5, 5.41) is 0. The van der Waals surface area contributed by atoms with Gasteiger partial charge in [0.25, 0.3) is 0 Å². The van der Waals surface area contributed by atoms with E-state index in [1.807, 2.05) is 41.3 Å². The third-order valence-electron chi connectivity index (χ3n) is 6.20. The highest BCUT2D eigenvalue weighted by molar-refractivity contribution is 7.97. The summed E-state index contributed by atoms with van der Waals surface area (Å²) in [5.74, 6) is -0.131. The normalized spacial score (nSPS) is 17.8. The topological polar surface area (TPSA) is 78.3 Å². The fourth-order valence-electron chi connectivity index (χ4n) is 4.65. The highest BCUT2D eigenvalue weighted by Gasteiger charge is 2.53. The molecule has 1 aromatic heterocycles. The Hall–Kier alpha value is -2.51. The molecule has 1 saturated heterocycles. The maximum Gasteiger partial charge on any atom is 0.417 e. The molecule has 0 unspecified atom stereocenters. The van der Waals surface area contributed by atoms with E-state index in [2.05, 4.69) is 21.8 Å². The smallest absolute Gasteiger partial charge is 0.408 e. The number of aryl methyl sites for hydroxylation is 1. The maximum absolute atomic E-state index is 12.4. The summed E-state index contributed by atoms with van der Waals surface area (Å²) in [4.78, 5) is 29.4. The van der Waals surface area contributed by atoms with Crippen LogP contribution in [0, 0.1) is 5.41 Å². The van der Waals surface area contributed by atoms with Crippen molar-refractivity contribution in [3.63, 3.8) is 0 Å². The lowest BCUT2D eigenvalue weighted by Gasteiger charge is -2.59. The molecule has 0 bridgehead atoms. The van der Waals surface area contributed by atoms with Crippen molar-refractivity contribution in [1.82, 2.24) is 14.6 Å². The number of hydrogen-bond donors (Lipinski definition) is 2. The van der Waals surface area contributed by atoms with Crippen molar-refractivity contribution in [3.05, 3.63) is 64.6 Å². The van der Waals surface area contributed by atoms with Crippen molar-refractivity contribution in [2.45, 2.75) is 43.0 Å². The minimum atomic E-state index is -0.426. The Bertz CT molecular complexity index is 1090. The molecule has 7 heteroatoms. The Morgan fingerprint density at radius 3 is 2.80 bits per heavy atom. The van der Waals surface area contributed by atoms with E-state index >= 15 is 0 Å². The number of carbonyl (C=O) groups excluding carboxylic acids is 1. The van der Waals surface area contributed by atoms with E-state index in [9.17, 15) is 9.59 Å². The van der Waals surface area contributed by atoms with Gasteiger partial charge in [0.05, 0.1) is 5.52 Å². The van der Waals surface area contributed by atoms with Gasteiger partial charge in [-0.15, -0.1) is 0 Å². The molecular weight excluding hydrogens is 398 g/mol. The van der Waals surface area contributed by atoms with E-state index in [1.165, 1.54) is 5.56 Å². The lowest BCUT2D eigenvalue weighted by molar-refractivity contribution is -0.151. The SMILES string of the molecule is O=C(CCCc1ccccc1)N1CC2(CC(NSc3ccc4[nH]c(=O)oc4c3)C2)C1. The molecule has 2 heterocycles. The van der Waals surface area contributed by atoms with Crippen LogP contribution in [0.5, 0.6) is 0 Å². The van der Waals surface area contributed by atoms with Crippen LogP contribution in [0.25, 0.3) is 11.1 Å². The Balaban J connectivity index is 1.02. The molecule has 1 aliphatic heterocycles. The van der Waals surface area contributed by atoms with Gasteiger partial charge in [-0.05, 0) is 61.4 Å². The molecule has 2 aliphatic rings. The monoisotopic (exact) mass is 423 g/mol. The zero-order valence-electron chi connectivity index (χ0n) is 16.7. The first-order chi connectivity index (χ1) is 14.6. The molecule has 0 radical (unpaired) electrons. The van der Waals surface area contributed by atoms with Crippen LogP contribution in [-0.4, -0.2) is 34.9 Å². The van der Waals surface area contributed by atoms with Gasteiger partial charge in [0.15, 0.2) is 5.58 Å². The van der Waals surface area contributed by atoms with Crippen LogP contribution in [0.1, 0.15) is 31.2 Å². The molecule has 3 aromatic rings. The molecule has 2 fully saturated rings. The molecule has 1 spiro atoms. The third-order valence-corrected chi connectivity index (χ3v) is 7.14. The standard InChI is InChI=1S/C23H25N3O3S/c27-21(8-4-7-16-5-2-1-3-6-16)26-14-23(15-26)12-17(13-23)25-30-18-9-10-19-20(11-18)29-22(28)24-19/h1-3,5-6,9-11,17,25H,4,7-8,12-15H2,(H,24,28). The third kappa shape index (κ3) is 4.04. The summed E-state index contributed by atoms with van der Waals surface area (Å²) in [6.45, 7) is 1.81. The van der Waals surface area contributed by atoms with E-state index in [4.69, 9.17) is 4.42 Å². The molecule has 2 aromatic carbocycles. The van der Waals surface area contributed by atoms with Crippen molar-refractivity contribution in [2.75, 3.05) is 13.1 Å². The summed E-state index contributed by atoms with van der Waals surface area (Å²) in [7, 11) is 0. The quantitative estimate of drug-likeness (QED) is 0.566. The van der Waals surface area contributed by atoms with Crippen LogP contribution >= 0.6 is 11.9 Å². The van der Waals surface area contributed by atoms with Gasteiger partial charge >= 0.3 is 5.76 Å². The number of aromatic amines is 1. The first-order valence-corrected chi connectivity index (χ1v) is 11.3. The molecule has 2 N–H and O–H groups in total. The number of oxazole rings is 1. The second-order valence-corrected chi connectivity index (χ2v) is 9.50. The fraction of sp³-hybridized carbons (Fsp3) is 0.391. The average molecular weight is 424 g/mol. The Morgan fingerprint density at radius 1 is 1.20 bits per heavy atom. The van der Waals surface area contributed by atoms with Crippen molar-refractivity contribution in [2.24, 2.45) is 5.41 Å². The van der Waals surface area contributed by atoms with E-state index in [1.54, 1.807) is 11.9 Å². The van der Waals surface area contributed by atoms with Crippen molar-refractivity contribution >= 4 is 29.0 Å². The molecular formula is C23H25N3O3S. The fourth-order valence-corrected chi connectivity index (χ4v) is 5.43. The molecule has 156 valence electrons. The molecule has 5 rings (SSSR count).